The Bertz CT molecular complexity index is 851. The highest BCUT2D eigenvalue weighted by molar-refractivity contribution is 7.89. The summed E-state index contributed by atoms with van der Waals surface area (Å²) in [6, 6.07) is 10.5. The molecule has 6 nitrogen and oxygen atoms in total. The van der Waals surface area contributed by atoms with Crippen LogP contribution in [0.5, 0.6) is 0 Å². The molecule has 1 aliphatic heterocycles. The van der Waals surface area contributed by atoms with Gasteiger partial charge in [-0.1, -0.05) is 23.8 Å². The molecule has 3 rings (SSSR count). The minimum atomic E-state index is -3.57. The number of nitrogens with one attached hydrogen (secondary N) is 1. The molecular weight excluding hydrogens is 350 g/mol. The van der Waals surface area contributed by atoms with Crippen LogP contribution in [0.15, 0.2) is 53.7 Å². The Kier molecular flexibility index (Phi) is 5.68. The van der Waals surface area contributed by atoms with Crippen molar-refractivity contribution in [2.75, 3.05) is 13.1 Å². The van der Waals surface area contributed by atoms with Gasteiger partial charge in [-0.05, 0) is 43.5 Å². The van der Waals surface area contributed by atoms with E-state index < -0.39 is 10.0 Å². The number of hydrogen-bond acceptors (Lipinski definition) is 4. The lowest BCUT2D eigenvalue weighted by Gasteiger charge is -2.31. The van der Waals surface area contributed by atoms with E-state index in [1.165, 1.54) is 4.31 Å². The lowest BCUT2D eigenvalue weighted by Crippen LogP contribution is -2.45. The van der Waals surface area contributed by atoms with Crippen LogP contribution in [-0.4, -0.2) is 36.7 Å². The van der Waals surface area contributed by atoms with Gasteiger partial charge in [0.2, 0.25) is 15.9 Å². The number of benzene rings is 1. The van der Waals surface area contributed by atoms with Crippen molar-refractivity contribution in [2.45, 2.75) is 31.2 Å². The maximum Gasteiger partial charge on any atom is 0.243 e. The molecule has 7 heteroatoms. The number of rotatable bonds is 5. The first kappa shape index (κ1) is 18.5. The maximum absolute atomic E-state index is 12.8. The molecule has 1 aliphatic rings. The highest BCUT2D eigenvalue weighted by atomic mass is 32.2. The van der Waals surface area contributed by atoms with Crippen LogP contribution in [0.25, 0.3) is 0 Å². The molecule has 1 aromatic heterocycles. The monoisotopic (exact) mass is 373 g/mol. The van der Waals surface area contributed by atoms with Crippen LogP contribution in [0.1, 0.15) is 24.0 Å². The standard InChI is InChI=1S/C19H23N3O3S/c1-15-6-8-18(9-7-15)26(24,25)22-11-3-5-17(14-22)19(23)21-13-16-4-2-10-20-12-16/h2,4,6-10,12,17H,3,5,11,13-14H2,1H3,(H,21,23)/t17-/m1/s1. The van der Waals surface area contributed by atoms with Gasteiger partial charge < -0.3 is 5.32 Å². The summed E-state index contributed by atoms with van der Waals surface area (Å²) in [5.74, 6) is -0.446. The first-order chi connectivity index (χ1) is 12.5. The zero-order valence-electron chi connectivity index (χ0n) is 14.8. The Balaban J connectivity index is 1.64. The SMILES string of the molecule is Cc1ccc(S(=O)(=O)N2CCC[C@@H](C(=O)NCc3cccnc3)C2)cc1. The molecule has 1 atom stereocenters. The zero-order chi connectivity index (χ0) is 18.6. The van der Waals surface area contributed by atoms with Gasteiger partial charge in [0.15, 0.2) is 0 Å². The van der Waals surface area contributed by atoms with Crippen molar-refractivity contribution >= 4 is 15.9 Å². The summed E-state index contributed by atoms with van der Waals surface area (Å²) in [5, 5.41) is 2.89. The fourth-order valence-electron chi connectivity index (χ4n) is 3.07. The number of pyridine rings is 1. The van der Waals surface area contributed by atoms with Crippen LogP contribution in [0.3, 0.4) is 0 Å². The van der Waals surface area contributed by atoms with Gasteiger partial charge in [0.25, 0.3) is 0 Å². The number of aryl methyl sites for hydroxylation is 1. The minimum absolute atomic E-state index is 0.113. The van der Waals surface area contributed by atoms with Crippen LogP contribution in [0.2, 0.25) is 0 Å². The predicted octanol–water partition coefficient (Wildman–Crippen LogP) is 2.11. The quantitative estimate of drug-likeness (QED) is 0.871. The summed E-state index contributed by atoms with van der Waals surface area (Å²) in [5.41, 5.74) is 1.93. The largest absolute Gasteiger partial charge is 0.352 e. The second kappa shape index (κ2) is 7.97. The number of sulfonamides is 1. The summed E-state index contributed by atoms with van der Waals surface area (Å²) < 4.78 is 27.1. The number of piperidine rings is 1. The number of hydrogen-bond donors (Lipinski definition) is 1. The molecule has 26 heavy (non-hydrogen) atoms. The molecule has 0 unspecified atom stereocenters. The molecule has 1 amide bonds. The van der Waals surface area contributed by atoms with E-state index in [4.69, 9.17) is 0 Å². The van der Waals surface area contributed by atoms with Crippen molar-refractivity contribution < 1.29 is 13.2 Å². The van der Waals surface area contributed by atoms with Gasteiger partial charge in [-0.15, -0.1) is 0 Å². The van der Waals surface area contributed by atoms with E-state index in [1.807, 2.05) is 19.1 Å². The maximum atomic E-state index is 12.8. The summed E-state index contributed by atoms with van der Waals surface area (Å²) in [4.78, 5) is 16.8. The first-order valence-electron chi connectivity index (χ1n) is 8.70. The average Bonchev–Trinajstić information content (AvgIpc) is 2.67. The molecule has 0 bridgehead atoms. The van der Waals surface area contributed by atoms with Gasteiger partial charge in [-0.3, -0.25) is 9.78 Å². The van der Waals surface area contributed by atoms with Gasteiger partial charge in [0.05, 0.1) is 10.8 Å². The summed E-state index contributed by atoms with van der Waals surface area (Å²) in [7, 11) is -3.57. The topological polar surface area (TPSA) is 79.4 Å². The van der Waals surface area contributed by atoms with E-state index in [9.17, 15) is 13.2 Å². The van der Waals surface area contributed by atoms with Crippen molar-refractivity contribution in [3.05, 3.63) is 59.9 Å². The summed E-state index contributed by atoms with van der Waals surface area (Å²) in [6.07, 6.45) is 4.75. The second-order valence-corrected chi connectivity index (χ2v) is 8.53. The van der Waals surface area contributed by atoms with Crippen molar-refractivity contribution in [2.24, 2.45) is 5.92 Å². The predicted molar refractivity (Wildman–Crippen MR) is 98.7 cm³/mol. The van der Waals surface area contributed by atoms with Gasteiger partial charge in [0.1, 0.15) is 0 Å². The number of nitrogens with zero attached hydrogens (tertiary/aromatic N) is 2. The van der Waals surface area contributed by atoms with Gasteiger partial charge in [-0.25, -0.2) is 8.42 Å². The molecule has 2 aromatic rings. The molecule has 1 aromatic carbocycles. The molecule has 1 N–H and O–H groups in total. The molecule has 1 fully saturated rings. The number of carbonyl (C=O) groups excluding carboxylic acids is 1. The molecule has 0 aliphatic carbocycles. The van der Waals surface area contributed by atoms with Crippen LogP contribution in [0.4, 0.5) is 0 Å². The van der Waals surface area contributed by atoms with Crippen LogP contribution in [-0.2, 0) is 21.4 Å². The minimum Gasteiger partial charge on any atom is -0.352 e. The Morgan fingerprint density at radius 2 is 2.04 bits per heavy atom. The third-order valence-electron chi connectivity index (χ3n) is 4.60. The van der Waals surface area contributed by atoms with E-state index >= 15 is 0 Å². The Hall–Kier alpha value is -2.25. The molecule has 0 saturated carbocycles. The van der Waals surface area contributed by atoms with Crippen LogP contribution < -0.4 is 5.32 Å². The van der Waals surface area contributed by atoms with E-state index in [2.05, 4.69) is 10.3 Å². The smallest absolute Gasteiger partial charge is 0.243 e. The van der Waals surface area contributed by atoms with E-state index in [0.29, 0.717) is 25.9 Å². The molecule has 0 radical (unpaired) electrons. The summed E-state index contributed by atoms with van der Waals surface area (Å²) >= 11 is 0. The number of amides is 1. The Labute approximate surface area is 154 Å². The average molecular weight is 373 g/mol. The second-order valence-electron chi connectivity index (χ2n) is 6.59. The molecule has 1 saturated heterocycles. The zero-order valence-corrected chi connectivity index (χ0v) is 15.6. The molecular formula is C19H23N3O3S. The number of aromatic nitrogens is 1. The highest BCUT2D eigenvalue weighted by Gasteiger charge is 2.33. The lowest BCUT2D eigenvalue weighted by atomic mass is 9.99. The number of carbonyl (C=O) groups is 1. The Morgan fingerprint density at radius 1 is 1.27 bits per heavy atom. The first-order valence-corrected chi connectivity index (χ1v) is 10.1. The van der Waals surface area contributed by atoms with Crippen molar-refractivity contribution in [3.8, 4) is 0 Å². The van der Waals surface area contributed by atoms with Crippen molar-refractivity contribution in [1.82, 2.24) is 14.6 Å². The van der Waals surface area contributed by atoms with Crippen molar-refractivity contribution in [1.29, 1.82) is 0 Å². The third-order valence-corrected chi connectivity index (χ3v) is 6.48. The fraction of sp³-hybridized carbons (Fsp3) is 0.368. The van der Waals surface area contributed by atoms with Gasteiger partial charge >= 0.3 is 0 Å². The van der Waals surface area contributed by atoms with Crippen LogP contribution in [0, 0.1) is 12.8 Å². The van der Waals surface area contributed by atoms with Gasteiger partial charge in [0, 0.05) is 32.0 Å². The van der Waals surface area contributed by atoms with E-state index in [0.717, 1.165) is 11.1 Å². The third kappa shape index (κ3) is 4.28. The lowest BCUT2D eigenvalue weighted by molar-refractivity contribution is -0.126. The van der Waals surface area contributed by atoms with E-state index in [1.54, 1.807) is 36.7 Å². The molecule has 0 spiro atoms. The summed E-state index contributed by atoms with van der Waals surface area (Å²) in [6.45, 7) is 2.98. The van der Waals surface area contributed by atoms with E-state index in [-0.39, 0.29) is 23.3 Å². The normalized spacial score (nSPS) is 18.4. The van der Waals surface area contributed by atoms with Gasteiger partial charge in [-0.2, -0.15) is 4.31 Å². The highest BCUT2D eigenvalue weighted by Crippen LogP contribution is 2.24. The molecule has 138 valence electrons. The van der Waals surface area contributed by atoms with Crippen molar-refractivity contribution in [3.63, 3.8) is 0 Å². The molecule has 2 heterocycles. The Morgan fingerprint density at radius 3 is 2.73 bits per heavy atom. The van der Waals surface area contributed by atoms with Crippen LogP contribution >= 0.6 is 0 Å². The fourth-order valence-corrected chi connectivity index (χ4v) is 4.59.